The van der Waals surface area contributed by atoms with Gasteiger partial charge in [0.05, 0.1) is 6.04 Å². The molecule has 1 aliphatic rings. The number of allylic oxidation sites excluding steroid dienone is 5. The molecule has 0 aliphatic carbocycles. The first-order chi connectivity index (χ1) is 14.7. The molecule has 1 aromatic heterocycles. The van der Waals surface area contributed by atoms with E-state index in [4.69, 9.17) is 0 Å². The van der Waals surface area contributed by atoms with Gasteiger partial charge in [0, 0.05) is 32.9 Å². The van der Waals surface area contributed by atoms with E-state index in [1.165, 1.54) is 38.6 Å². The number of fused-ring (bicyclic) bond motifs is 5. The Labute approximate surface area is 177 Å². The third kappa shape index (κ3) is 2.80. The number of hydrogen-bond donors (Lipinski definition) is 2. The van der Waals surface area contributed by atoms with Crippen LogP contribution in [0.2, 0.25) is 0 Å². The summed E-state index contributed by atoms with van der Waals surface area (Å²) in [5.74, 6) is 0. The van der Waals surface area contributed by atoms with Crippen LogP contribution in [-0.4, -0.2) is 11.0 Å². The van der Waals surface area contributed by atoms with Crippen LogP contribution in [-0.2, 0) is 5.41 Å². The van der Waals surface area contributed by atoms with E-state index in [1.807, 2.05) is 19.1 Å². The van der Waals surface area contributed by atoms with Gasteiger partial charge in [-0.2, -0.15) is 0 Å². The smallest absolute Gasteiger partial charge is 0.0583 e. The van der Waals surface area contributed by atoms with Crippen molar-refractivity contribution in [3.63, 3.8) is 0 Å². The van der Waals surface area contributed by atoms with Crippen molar-refractivity contribution in [2.75, 3.05) is 5.32 Å². The van der Waals surface area contributed by atoms with Crippen molar-refractivity contribution in [1.82, 2.24) is 4.98 Å². The second-order valence-corrected chi connectivity index (χ2v) is 8.07. The quantitative estimate of drug-likeness (QED) is 0.357. The Morgan fingerprint density at radius 2 is 1.57 bits per heavy atom. The molecule has 0 saturated heterocycles. The van der Waals surface area contributed by atoms with Crippen LogP contribution >= 0.6 is 0 Å². The van der Waals surface area contributed by atoms with Crippen molar-refractivity contribution in [2.45, 2.75) is 25.3 Å². The van der Waals surface area contributed by atoms with E-state index < -0.39 is 0 Å². The standard InChI is InChI=1S/C28H26N2/c1-3-4-5-6-10-17-25-28(2,20-13-8-7-9-14-20)22-18-19-24-26(27(22)30-25)21-15-11-12-16-23(21)29-24/h3-19,25,29-30H,1-2H3/b4-3-,6-5-,17-10+. The third-order valence-electron chi connectivity index (χ3n) is 6.36. The normalized spacial score (nSPS) is 21.3. The molecule has 2 N–H and O–H groups in total. The number of rotatable bonds is 4. The SMILES string of the molecule is C\C=C/C=C\C=C\C1Nc2c(ccc3[nH]c4ccccc4c23)C1(C)c1ccccc1. The van der Waals surface area contributed by atoms with E-state index in [-0.39, 0.29) is 11.5 Å². The molecule has 2 heterocycles. The van der Waals surface area contributed by atoms with Crippen molar-refractivity contribution in [1.29, 1.82) is 0 Å². The molecule has 2 heteroatoms. The summed E-state index contributed by atoms with van der Waals surface area (Å²) in [4.78, 5) is 3.58. The number of aromatic amines is 1. The maximum atomic E-state index is 3.88. The van der Waals surface area contributed by atoms with Gasteiger partial charge in [0.1, 0.15) is 0 Å². The zero-order valence-corrected chi connectivity index (χ0v) is 17.4. The summed E-state index contributed by atoms with van der Waals surface area (Å²) < 4.78 is 0. The fourth-order valence-electron chi connectivity index (χ4n) is 4.77. The zero-order valence-electron chi connectivity index (χ0n) is 17.4. The van der Waals surface area contributed by atoms with Crippen LogP contribution in [0.25, 0.3) is 21.8 Å². The highest BCUT2D eigenvalue weighted by molar-refractivity contribution is 6.15. The summed E-state index contributed by atoms with van der Waals surface area (Å²) in [5.41, 5.74) is 6.10. The lowest BCUT2D eigenvalue weighted by atomic mass is 9.72. The summed E-state index contributed by atoms with van der Waals surface area (Å²) in [7, 11) is 0. The molecule has 2 unspecified atom stereocenters. The molecule has 5 rings (SSSR count). The van der Waals surface area contributed by atoms with Gasteiger partial charge in [0.25, 0.3) is 0 Å². The van der Waals surface area contributed by atoms with Crippen LogP contribution < -0.4 is 5.32 Å². The van der Waals surface area contributed by atoms with Crippen molar-refractivity contribution >= 4 is 27.5 Å². The van der Waals surface area contributed by atoms with Crippen LogP contribution in [0.5, 0.6) is 0 Å². The number of H-pyrrole nitrogens is 1. The second kappa shape index (κ2) is 7.38. The van der Waals surface area contributed by atoms with Crippen molar-refractivity contribution in [3.8, 4) is 0 Å². The molecule has 2 atom stereocenters. The maximum absolute atomic E-state index is 3.88. The first-order valence-electron chi connectivity index (χ1n) is 10.6. The highest BCUT2D eigenvalue weighted by Gasteiger charge is 2.44. The van der Waals surface area contributed by atoms with E-state index in [2.05, 4.69) is 108 Å². The van der Waals surface area contributed by atoms with Gasteiger partial charge in [-0.15, -0.1) is 0 Å². The average molecular weight is 391 g/mol. The minimum atomic E-state index is -0.159. The Bertz CT molecular complexity index is 1290. The molecule has 0 amide bonds. The highest BCUT2D eigenvalue weighted by atomic mass is 15.0. The minimum Gasteiger partial charge on any atom is -0.377 e. The predicted octanol–water partition coefficient (Wildman–Crippen LogP) is 7.11. The molecular weight excluding hydrogens is 364 g/mol. The summed E-state index contributed by atoms with van der Waals surface area (Å²) in [6, 6.07) is 24.1. The van der Waals surface area contributed by atoms with Gasteiger partial charge in [0.15, 0.2) is 0 Å². The van der Waals surface area contributed by atoms with Crippen LogP contribution in [0, 0.1) is 0 Å². The summed E-state index contributed by atoms with van der Waals surface area (Å²) in [6.07, 6.45) is 12.7. The van der Waals surface area contributed by atoms with Gasteiger partial charge < -0.3 is 10.3 Å². The molecule has 0 saturated carbocycles. The Kier molecular flexibility index (Phi) is 4.55. The van der Waals surface area contributed by atoms with Crippen molar-refractivity contribution < 1.29 is 0 Å². The maximum Gasteiger partial charge on any atom is 0.0583 e. The summed E-state index contributed by atoms with van der Waals surface area (Å²) in [6.45, 7) is 4.38. The monoisotopic (exact) mass is 390 g/mol. The third-order valence-corrected chi connectivity index (χ3v) is 6.36. The molecular formula is C28H26N2. The molecule has 3 aromatic carbocycles. The topological polar surface area (TPSA) is 27.8 Å². The van der Waals surface area contributed by atoms with Crippen LogP contribution in [0.3, 0.4) is 0 Å². The Hall–Kier alpha value is -3.52. The van der Waals surface area contributed by atoms with Gasteiger partial charge in [-0.3, -0.25) is 0 Å². The summed E-state index contributed by atoms with van der Waals surface area (Å²) >= 11 is 0. The first kappa shape index (κ1) is 18.5. The van der Waals surface area contributed by atoms with Crippen LogP contribution in [0.1, 0.15) is 25.0 Å². The molecule has 1 aliphatic heterocycles. The van der Waals surface area contributed by atoms with E-state index in [1.54, 1.807) is 0 Å². The van der Waals surface area contributed by atoms with Gasteiger partial charge in [0.2, 0.25) is 0 Å². The average Bonchev–Trinajstić information content (AvgIpc) is 3.30. The molecule has 30 heavy (non-hydrogen) atoms. The Morgan fingerprint density at radius 3 is 2.40 bits per heavy atom. The lowest BCUT2D eigenvalue weighted by Crippen LogP contribution is -2.35. The number of hydrogen-bond acceptors (Lipinski definition) is 1. The van der Waals surface area contributed by atoms with Crippen molar-refractivity contribution in [3.05, 3.63) is 114 Å². The molecule has 4 aromatic rings. The largest absolute Gasteiger partial charge is 0.377 e. The number of benzene rings is 3. The van der Waals surface area contributed by atoms with Gasteiger partial charge >= 0.3 is 0 Å². The highest BCUT2D eigenvalue weighted by Crippen LogP contribution is 2.50. The fraction of sp³-hybridized carbons (Fsp3) is 0.143. The minimum absolute atomic E-state index is 0.157. The number of aromatic nitrogens is 1. The predicted molar refractivity (Wildman–Crippen MR) is 129 cm³/mol. The van der Waals surface area contributed by atoms with Crippen LogP contribution in [0.15, 0.2) is 103 Å². The summed E-state index contributed by atoms with van der Waals surface area (Å²) in [5, 5.41) is 6.43. The number of nitrogens with one attached hydrogen (secondary N) is 2. The Morgan fingerprint density at radius 1 is 0.800 bits per heavy atom. The first-order valence-corrected chi connectivity index (χ1v) is 10.6. The van der Waals surface area contributed by atoms with Crippen LogP contribution in [0.4, 0.5) is 5.69 Å². The molecule has 2 nitrogen and oxygen atoms in total. The van der Waals surface area contributed by atoms with E-state index >= 15 is 0 Å². The van der Waals surface area contributed by atoms with E-state index in [0.717, 1.165) is 0 Å². The second-order valence-electron chi connectivity index (χ2n) is 8.07. The molecule has 0 fully saturated rings. The zero-order chi connectivity index (χ0) is 20.6. The van der Waals surface area contributed by atoms with E-state index in [0.29, 0.717) is 0 Å². The molecule has 0 spiro atoms. The lowest BCUT2D eigenvalue weighted by Gasteiger charge is -2.31. The molecule has 0 radical (unpaired) electrons. The molecule has 0 bridgehead atoms. The number of para-hydroxylation sites is 1. The lowest BCUT2D eigenvalue weighted by molar-refractivity contribution is 0.561. The van der Waals surface area contributed by atoms with Gasteiger partial charge in [-0.1, -0.05) is 91.1 Å². The van der Waals surface area contributed by atoms with E-state index in [9.17, 15) is 0 Å². The fourth-order valence-corrected chi connectivity index (χ4v) is 4.77. The Balaban J connectivity index is 1.71. The van der Waals surface area contributed by atoms with Gasteiger partial charge in [-0.05, 0) is 37.1 Å². The van der Waals surface area contributed by atoms with Crippen molar-refractivity contribution in [2.24, 2.45) is 0 Å². The molecule has 148 valence electrons. The van der Waals surface area contributed by atoms with Gasteiger partial charge in [-0.25, -0.2) is 0 Å². The number of anilines is 1.